The minimum Gasteiger partial charge on any atom is -0.457 e. The maximum absolute atomic E-state index is 13.1. The number of aryl methyl sites for hydroxylation is 1. The molecule has 0 amide bonds. The van der Waals surface area contributed by atoms with Gasteiger partial charge >= 0.3 is 5.97 Å². The lowest BCUT2D eigenvalue weighted by Crippen LogP contribution is -2.45. The van der Waals surface area contributed by atoms with Crippen molar-refractivity contribution < 1.29 is 24.5 Å². The molecule has 33 heavy (non-hydrogen) atoms. The Labute approximate surface area is 201 Å². The van der Waals surface area contributed by atoms with Crippen LogP contribution in [0.25, 0.3) is 6.08 Å². The molecule has 2 heterocycles. The number of ether oxygens (including phenoxy) is 1. The van der Waals surface area contributed by atoms with Crippen molar-refractivity contribution in [2.75, 3.05) is 0 Å². The van der Waals surface area contributed by atoms with Gasteiger partial charge in [-0.25, -0.2) is 4.98 Å². The maximum atomic E-state index is 13.1. The van der Waals surface area contributed by atoms with Gasteiger partial charge in [-0.1, -0.05) is 39.8 Å². The zero-order valence-corrected chi connectivity index (χ0v) is 21.5. The van der Waals surface area contributed by atoms with Crippen molar-refractivity contribution in [1.29, 1.82) is 0 Å². The van der Waals surface area contributed by atoms with Crippen molar-refractivity contribution in [3.05, 3.63) is 33.8 Å². The van der Waals surface area contributed by atoms with Crippen LogP contribution in [0, 0.1) is 24.2 Å². The maximum Gasteiger partial charge on any atom is 0.309 e. The molecule has 7 heteroatoms. The van der Waals surface area contributed by atoms with Crippen molar-refractivity contribution in [3.63, 3.8) is 0 Å². The van der Waals surface area contributed by atoms with Gasteiger partial charge in [0.25, 0.3) is 0 Å². The van der Waals surface area contributed by atoms with Gasteiger partial charge in [0.2, 0.25) is 0 Å². The summed E-state index contributed by atoms with van der Waals surface area (Å²) in [6.07, 6.45) is 6.28. The number of allylic oxidation sites excluding steroid dienone is 1. The van der Waals surface area contributed by atoms with Crippen LogP contribution >= 0.6 is 11.3 Å². The first-order valence-corrected chi connectivity index (χ1v) is 12.7. The molecule has 0 unspecified atom stereocenters. The quantitative estimate of drug-likeness (QED) is 0.466. The van der Waals surface area contributed by atoms with E-state index in [4.69, 9.17) is 4.74 Å². The van der Waals surface area contributed by atoms with Gasteiger partial charge in [-0.2, -0.15) is 0 Å². The molecule has 1 aliphatic heterocycles. The molecule has 0 bridgehead atoms. The van der Waals surface area contributed by atoms with E-state index in [9.17, 15) is 19.8 Å². The third-order valence-electron chi connectivity index (χ3n) is 6.68. The van der Waals surface area contributed by atoms with E-state index >= 15 is 0 Å². The van der Waals surface area contributed by atoms with E-state index in [1.54, 1.807) is 32.1 Å². The summed E-state index contributed by atoms with van der Waals surface area (Å²) in [6.45, 7) is 10.8. The Morgan fingerprint density at radius 3 is 2.58 bits per heavy atom. The summed E-state index contributed by atoms with van der Waals surface area (Å²) in [5.74, 6) is -1.48. The molecule has 0 aromatic carbocycles. The Bertz CT molecular complexity index is 872. The number of aliphatic hydroxyl groups is 2. The zero-order valence-electron chi connectivity index (χ0n) is 20.7. The lowest BCUT2D eigenvalue weighted by atomic mass is 9.73. The first-order valence-electron chi connectivity index (χ1n) is 11.8. The zero-order chi connectivity index (χ0) is 24.8. The van der Waals surface area contributed by atoms with Gasteiger partial charge in [0.05, 0.1) is 34.7 Å². The van der Waals surface area contributed by atoms with Crippen LogP contribution in [0.2, 0.25) is 0 Å². The average Bonchev–Trinajstić information content (AvgIpc) is 3.16. The highest BCUT2D eigenvalue weighted by atomic mass is 32.1. The monoisotopic (exact) mass is 477 g/mol. The lowest BCUT2D eigenvalue weighted by molar-refractivity contribution is -0.154. The van der Waals surface area contributed by atoms with E-state index in [2.05, 4.69) is 11.1 Å². The Balaban J connectivity index is 2.27. The third kappa shape index (κ3) is 7.59. The summed E-state index contributed by atoms with van der Waals surface area (Å²) in [5, 5.41) is 24.4. The Morgan fingerprint density at radius 1 is 1.24 bits per heavy atom. The molecule has 184 valence electrons. The number of hydrogen-bond donors (Lipinski definition) is 2. The van der Waals surface area contributed by atoms with E-state index < -0.39 is 35.6 Å². The molecular formula is C26H39NO5S. The second kappa shape index (κ2) is 12.0. The molecule has 6 nitrogen and oxygen atoms in total. The Morgan fingerprint density at radius 2 is 1.94 bits per heavy atom. The molecule has 0 saturated carbocycles. The fourth-order valence-corrected chi connectivity index (χ4v) is 4.75. The largest absolute Gasteiger partial charge is 0.457 e. The summed E-state index contributed by atoms with van der Waals surface area (Å²) in [7, 11) is 0. The summed E-state index contributed by atoms with van der Waals surface area (Å²) in [5.41, 5.74) is 0.513. The van der Waals surface area contributed by atoms with Crippen LogP contribution in [0.5, 0.6) is 0 Å². The number of thiazole rings is 1. The summed E-state index contributed by atoms with van der Waals surface area (Å²) < 4.78 is 5.75. The van der Waals surface area contributed by atoms with Crippen LogP contribution in [0.15, 0.2) is 23.1 Å². The molecule has 1 aliphatic rings. The van der Waals surface area contributed by atoms with Crippen LogP contribution in [-0.4, -0.2) is 45.3 Å². The second-order valence-corrected chi connectivity index (χ2v) is 10.9. The van der Waals surface area contributed by atoms with Crippen molar-refractivity contribution in [2.24, 2.45) is 17.3 Å². The molecule has 1 aromatic heterocycles. The number of rotatable bonds is 2. The van der Waals surface area contributed by atoms with E-state index in [0.717, 1.165) is 35.5 Å². The van der Waals surface area contributed by atoms with Gasteiger partial charge in [-0.3, -0.25) is 9.59 Å². The van der Waals surface area contributed by atoms with Gasteiger partial charge in [0.1, 0.15) is 11.9 Å². The predicted octanol–water partition coefficient (Wildman–Crippen LogP) is 4.88. The molecule has 1 aromatic rings. The minimum absolute atomic E-state index is 0.0392. The highest BCUT2D eigenvalue weighted by Crippen LogP contribution is 2.32. The topological polar surface area (TPSA) is 96.7 Å². The van der Waals surface area contributed by atoms with Crippen molar-refractivity contribution >= 4 is 29.2 Å². The highest BCUT2D eigenvalue weighted by Gasteiger charge is 2.42. The van der Waals surface area contributed by atoms with Crippen LogP contribution in [0.1, 0.15) is 77.4 Å². The predicted molar refractivity (Wildman–Crippen MR) is 132 cm³/mol. The normalized spacial score (nSPS) is 31.8. The fraction of sp³-hybridized carbons (Fsp3) is 0.654. The van der Waals surface area contributed by atoms with Crippen molar-refractivity contribution in [3.8, 4) is 0 Å². The van der Waals surface area contributed by atoms with Crippen LogP contribution in [-0.2, 0) is 14.3 Å². The smallest absolute Gasteiger partial charge is 0.309 e. The summed E-state index contributed by atoms with van der Waals surface area (Å²) in [4.78, 5) is 30.3. The Hall–Kier alpha value is -1.83. The minimum atomic E-state index is -1.21. The van der Waals surface area contributed by atoms with E-state index in [0.29, 0.717) is 6.42 Å². The number of carbonyl (C=O) groups excluding carboxylic acids is 2. The van der Waals surface area contributed by atoms with Crippen LogP contribution < -0.4 is 0 Å². The molecule has 0 saturated heterocycles. The number of hydrogen-bond acceptors (Lipinski definition) is 7. The molecule has 5 atom stereocenters. The van der Waals surface area contributed by atoms with Gasteiger partial charge in [0.15, 0.2) is 0 Å². The summed E-state index contributed by atoms with van der Waals surface area (Å²) >= 11 is 1.56. The van der Waals surface area contributed by atoms with Gasteiger partial charge in [-0.05, 0) is 50.7 Å². The SMILES string of the molecule is C/C(=C\c1csc(C)n1)[C@@H]1C/C=C/CCC[C@@H](C)[C@H](O)[C@@H](C)C(=O)C(C)(C)[C@H](O)CC(=O)O1. The fourth-order valence-electron chi connectivity index (χ4n) is 4.18. The standard InChI is InChI=1S/C26H39NO5S/c1-16-11-9-7-8-10-12-21(17(2)13-20-15-33-19(4)27-20)32-23(29)14-22(28)26(5,6)25(31)18(3)24(16)30/h8,10,13,15-16,18,21-22,24,28,30H,7,9,11-12,14H2,1-6H3/b10-8+,17-13+/t16-,18-,21+,22-,24+/m1/s1. The number of nitrogens with zero attached hydrogens (tertiary/aromatic N) is 1. The summed E-state index contributed by atoms with van der Waals surface area (Å²) in [6, 6.07) is 0. The molecule has 2 rings (SSSR count). The van der Waals surface area contributed by atoms with Gasteiger partial charge in [-0.15, -0.1) is 11.3 Å². The van der Waals surface area contributed by atoms with Gasteiger partial charge in [0, 0.05) is 17.7 Å². The molecule has 0 spiro atoms. The highest BCUT2D eigenvalue weighted by molar-refractivity contribution is 7.09. The number of esters is 1. The third-order valence-corrected chi connectivity index (χ3v) is 7.47. The van der Waals surface area contributed by atoms with E-state index in [-0.39, 0.29) is 18.1 Å². The van der Waals surface area contributed by atoms with E-state index in [1.807, 2.05) is 38.3 Å². The molecule has 0 fully saturated rings. The molecule has 2 N–H and O–H groups in total. The van der Waals surface area contributed by atoms with Crippen molar-refractivity contribution in [1.82, 2.24) is 4.98 Å². The lowest BCUT2D eigenvalue weighted by Gasteiger charge is -2.34. The van der Waals surface area contributed by atoms with E-state index in [1.165, 1.54) is 0 Å². The average molecular weight is 478 g/mol. The molecule has 0 radical (unpaired) electrons. The first kappa shape index (κ1) is 27.4. The number of carbonyl (C=O) groups is 2. The number of ketones is 1. The number of Topliss-reactive ketones (excluding diaryl/α,β-unsaturated/α-hetero) is 1. The Kier molecular flexibility index (Phi) is 10.0. The van der Waals surface area contributed by atoms with Crippen molar-refractivity contribution in [2.45, 2.75) is 92.0 Å². The number of cyclic esters (lactones) is 1. The first-order chi connectivity index (χ1) is 15.4. The molecular weight excluding hydrogens is 438 g/mol. The number of aromatic nitrogens is 1. The number of aliphatic hydroxyl groups excluding tert-OH is 2. The van der Waals surface area contributed by atoms with Gasteiger partial charge < -0.3 is 14.9 Å². The van der Waals surface area contributed by atoms with Crippen LogP contribution in [0.3, 0.4) is 0 Å². The molecule has 0 aliphatic carbocycles. The van der Waals surface area contributed by atoms with Crippen LogP contribution in [0.4, 0.5) is 0 Å². The second-order valence-electron chi connectivity index (χ2n) is 9.86.